The maximum atomic E-state index is 11.0. The van der Waals surface area contributed by atoms with Gasteiger partial charge in [0.1, 0.15) is 0 Å². The van der Waals surface area contributed by atoms with Gasteiger partial charge in [-0.15, -0.1) is 0 Å². The molecule has 0 atom stereocenters. The minimum atomic E-state index is -1.21. The second-order valence-corrected chi connectivity index (χ2v) is 6.12. The molecule has 1 N–H and O–H groups in total. The van der Waals surface area contributed by atoms with Crippen LogP contribution < -0.4 is 5.11 Å². The number of halogens is 1. The lowest BCUT2D eigenvalue weighted by molar-refractivity contribution is -0.255. The van der Waals surface area contributed by atoms with Crippen LogP contribution in [-0.4, -0.2) is 25.7 Å². The van der Waals surface area contributed by atoms with Crippen molar-refractivity contribution in [2.75, 3.05) is 0 Å². The fourth-order valence-electron chi connectivity index (χ4n) is 2.20. The summed E-state index contributed by atoms with van der Waals surface area (Å²) in [5, 5.41) is 18.0. The Labute approximate surface area is 145 Å². The highest BCUT2D eigenvalue weighted by Gasteiger charge is 2.10. The second kappa shape index (κ2) is 6.43. The van der Waals surface area contributed by atoms with Gasteiger partial charge in [0.05, 0.1) is 12.5 Å². The van der Waals surface area contributed by atoms with E-state index in [0.717, 1.165) is 15.6 Å². The molecule has 0 unspecified atom stereocenters. The Morgan fingerprint density at radius 1 is 1.35 bits per heavy atom. The number of benzene rings is 1. The van der Waals surface area contributed by atoms with Crippen molar-refractivity contribution in [3.63, 3.8) is 0 Å². The lowest BCUT2D eigenvalue weighted by Crippen LogP contribution is -2.22. The van der Waals surface area contributed by atoms with Crippen LogP contribution in [0.5, 0.6) is 0 Å². The van der Waals surface area contributed by atoms with Gasteiger partial charge in [0.15, 0.2) is 10.6 Å². The van der Waals surface area contributed by atoms with E-state index in [9.17, 15) is 9.90 Å². The molecule has 116 valence electrons. The van der Waals surface area contributed by atoms with Crippen molar-refractivity contribution in [1.29, 1.82) is 0 Å². The van der Waals surface area contributed by atoms with E-state index in [1.807, 2.05) is 12.1 Å². The number of carbonyl (C=O) groups is 1. The largest absolute Gasteiger partial charge is 0.545 e. The first-order valence-corrected chi connectivity index (χ1v) is 7.81. The Hall–Kier alpha value is -2.32. The van der Waals surface area contributed by atoms with Crippen molar-refractivity contribution in [3.8, 4) is 11.4 Å². The van der Waals surface area contributed by atoms with Crippen molar-refractivity contribution in [3.05, 3.63) is 63.1 Å². The molecule has 3 aromatic rings. The molecule has 6 nitrogen and oxygen atoms in total. The number of nitrogens with zero attached hydrogens (tertiary/aromatic N) is 3. The minimum Gasteiger partial charge on any atom is -0.545 e. The zero-order chi connectivity index (χ0) is 16.4. The Balaban J connectivity index is 2.01. The van der Waals surface area contributed by atoms with E-state index in [0.29, 0.717) is 17.1 Å². The van der Waals surface area contributed by atoms with Crippen LogP contribution in [0.15, 0.2) is 47.2 Å². The smallest absolute Gasteiger partial charge is 0.195 e. The molecular formula is C15H10BrN4O2S-. The first-order chi connectivity index (χ1) is 11.0. The van der Waals surface area contributed by atoms with E-state index in [1.165, 1.54) is 6.07 Å². The summed E-state index contributed by atoms with van der Waals surface area (Å²) in [5.74, 6) is -0.582. The van der Waals surface area contributed by atoms with E-state index in [-0.39, 0.29) is 5.56 Å². The van der Waals surface area contributed by atoms with Gasteiger partial charge in [-0.3, -0.25) is 14.6 Å². The quantitative estimate of drug-likeness (QED) is 0.690. The van der Waals surface area contributed by atoms with Crippen LogP contribution in [0.4, 0.5) is 0 Å². The molecular weight excluding hydrogens is 380 g/mol. The molecule has 0 saturated carbocycles. The molecule has 0 radical (unpaired) electrons. The molecule has 0 bridgehead atoms. The van der Waals surface area contributed by atoms with Gasteiger partial charge < -0.3 is 9.90 Å². The summed E-state index contributed by atoms with van der Waals surface area (Å²) in [7, 11) is 0. The van der Waals surface area contributed by atoms with Crippen molar-refractivity contribution >= 4 is 34.1 Å². The standard InChI is InChI=1S/C15H11BrN4O2S/c16-12-5-11(6-17-7-12)13-18-19-15(23)20(13)8-9-2-1-3-10(4-9)14(21)22/h1-7H,8H2,(H,19,23)(H,21,22)/p-1. The molecule has 23 heavy (non-hydrogen) atoms. The Morgan fingerprint density at radius 3 is 2.91 bits per heavy atom. The molecule has 0 aliphatic carbocycles. The van der Waals surface area contributed by atoms with Crippen LogP contribution in [0.25, 0.3) is 11.4 Å². The number of aromatic carboxylic acids is 1. The molecule has 2 aromatic heterocycles. The molecule has 2 heterocycles. The second-order valence-electron chi connectivity index (χ2n) is 4.82. The Bertz CT molecular complexity index is 935. The highest BCUT2D eigenvalue weighted by molar-refractivity contribution is 9.10. The number of pyridine rings is 1. The topological polar surface area (TPSA) is 86.6 Å². The normalized spacial score (nSPS) is 10.7. The summed E-state index contributed by atoms with van der Waals surface area (Å²) >= 11 is 8.65. The first-order valence-electron chi connectivity index (χ1n) is 6.61. The zero-order valence-corrected chi connectivity index (χ0v) is 14.1. The molecule has 0 saturated heterocycles. The number of aromatic amines is 1. The fraction of sp³-hybridized carbons (Fsp3) is 0.0667. The Morgan fingerprint density at radius 2 is 2.17 bits per heavy atom. The number of aromatic nitrogens is 4. The lowest BCUT2D eigenvalue weighted by Gasteiger charge is -2.09. The molecule has 3 rings (SSSR count). The molecule has 1 aromatic carbocycles. The summed E-state index contributed by atoms with van der Waals surface area (Å²) in [4.78, 5) is 15.1. The monoisotopic (exact) mass is 389 g/mol. The van der Waals surface area contributed by atoms with Crippen molar-refractivity contribution in [1.82, 2.24) is 19.7 Å². The molecule has 0 spiro atoms. The maximum absolute atomic E-state index is 11.0. The van der Waals surface area contributed by atoms with E-state index in [1.54, 1.807) is 29.1 Å². The summed E-state index contributed by atoms with van der Waals surface area (Å²) in [6, 6.07) is 8.43. The summed E-state index contributed by atoms with van der Waals surface area (Å²) in [6.45, 7) is 0.387. The fourth-order valence-corrected chi connectivity index (χ4v) is 2.76. The van der Waals surface area contributed by atoms with Crippen molar-refractivity contribution in [2.24, 2.45) is 0 Å². The van der Waals surface area contributed by atoms with Crippen LogP contribution in [0.1, 0.15) is 15.9 Å². The summed E-state index contributed by atoms with van der Waals surface area (Å²) in [6.07, 6.45) is 3.36. The molecule has 0 aliphatic heterocycles. The van der Waals surface area contributed by atoms with Crippen LogP contribution in [-0.2, 0) is 6.54 Å². The van der Waals surface area contributed by atoms with Crippen LogP contribution in [0.3, 0.4) is 0 Å². The van der Waals surface area contributed by atoms with Gasteiger partial charge >= 0.3 is 0 Å². The molecule has 8 heteroatoms. The van der Waals surface area contributed by atoms with Crippen molar-refractivity contribution in [2.45, 2.75) is 6.54 Å². The highest BCUT2D eigenvalue weighted by atomic mass is 79.9. The summed E-state index contributed by atoms with van der Waals surface area (Å²) in [5.41, 5.74) is 1.71. The van der Waals surface area contributed by atoms with E-state index in [4.69, 9.17) is 12.2 Å². The number of nitrogens with one attached hydrogen (secondary N) is 1. The van der Waals surface area contributed by atoms with Crippen LogP contribution in [0, 0.1) is 4.77 Å². The minimum absolute atomic E-state index is 0.128. The number of carboxylic acids is 1. The Kier molecular flexibility index (Phi) is 4.35. The molecule has 0 amide bonds. The third kappa shape index (κ3) is 3.38. The van der Waals surface area contributed by atoms with Gasteiger partial charge in [-0.2, -0.15) is 5.10 Å². The molecule has 0 fully saturated rings. The number of carboxylic acid groups (broad SMARTS) is 1. The van der Waals surface area contributed by atoms with Gasteiger partial charge in [0.2, 0.25) is 0 Å². The number of rotatable bonds is 4. The van der Waals surface area contributed by atoms with Gasteiger partial charge in [-0.1, -0.05) is 18.2 Å². The van der Waals surface area contributed by atoms with Crippen LogP contribution >= 0.6 is 28.1 Å². The first kappa shape index (κ1) is 15.6. The summed E-state index contributed by atoms with van der Waals surface area (Å²) < 4.78 is 3.06. The SMILES string of the molecule is O=C([O-])c1cccc(Cn2c(-c3cncc(Br)c3)n[nH]c2=S)c1. The van der Waals surface area contributed by atoms with E-state index in [2.05, 4.69) is 31.1 Å². The average Bonchev–Trinajstić information content (AvgIpc) is 2.89. The lowest BCUT2D eigenvalue weighted by atomic mass is 10.1. The number of carbonyl (C=O) groups excluding carboxylic acids is 1. The van der Waals surface area contributed by atoms with Gasteiger partial charge in [-0.25, -0.2) is 0 Å². The average molecular weight is 390 g/mol. The van der Waals surface area contributed by atoms with Gasteiger partial charge in [0, 0.05) is 22.4 Å². The predicted molar refractivity (Wildman–Crippen MR) is 88.2 cm³/mol. The predicted octanol–water partition coefficient (Wildman–Crippen LogP) is 2.18. The van der Waals surface area contributed by atoms with Gasteiger partial charge in [-0.05, 0) is 51.4 Å². The third-order valence-electron chi connectivity index (χ3n) is 3.22. The highest BCUT2D eigenvalue weighted by Crippen LogP contribution is 2.21. The van der Waals surface area contributed by atoms with Crippen LogP contribution in [0.2, 0.25) is 0 Å². The molecule has 0 aliphatic rings. The zero-order valence-electron chi connectivity index (χ0n) is 11.7. The third-order valence-corrected chi connectivity index (χ3v) is 3.97. The number of H-pyrrole nitrogens is 1. The van der Waals surface area contributed by atoms with Crippen molar-refractivity contribution < 1.29 is 9.90 Å². The van der Waals surface area contributed by atoms with E-state index < -0.39 is 5.97 Å². The maximum Gasteiger partial charge on any atom is 0.195 e. The van der Waals surface area contributed by atoms with Gasteiger partial charge in [0.25, 0.3) is 0 Å². The number of hydrogen-bond donors (Lipinski definition) is 1. The number of hydrogen-bond acceptors (Lipinski definition) is 5. The van der Waals surface area contributed by atoms with E-state index >= 15 is 0 Å².